The highest BCUT2D eigenvalue weighted by molar-refractivity contribution is 7.13. The average molecular weight is 329 g/mol. The molecule has 0 aromatic carbocycles. The number of hydrogen-bond donors (Lipinski definition) is 1. The smallest absolute Gasteiger partial charge is 0.150 e. The summed E-state index contributed by atoms with van der Waals surface area (Å²) in [5, 5.41) is 13.9. The van der Waals surface area contributed by atoms with Crippen molar-refractivity contribution < 1.29 is 5.11 Å². The molecular formula is C16H15N3OS2. The van der Waals surface area contributed by atoms with Gasteiger partial charge < -0.3 is 9.67 Å². The molecule has 0 saturated carbocycles. The molecule has 0 fully saturated rings. The molecule has 0 unspecified atom stereocenters. The monoisotopic (exact) mass is 329 g/mol. The third kappa shape index (κ3) is 2.97. The molecule has 0 aliphatic rings. The normalized spacial score (nSPS) is 12.0. The topological polar surface area (TPSA) is 50.9 Å². The second kappa shape index (κ2) is 6.44. The zero-order valence-corrected chi connectivity index (χ0v) is 13.9. The van der Waals surface area contributed by atoms with Crippen LogP contribution in [0.15, 0.2) is 29.2 Å². The van der Waals surface area contributed by atoms with Crippen molar-refractivity contribution >= 4 is 22.7 Å². The van der Waals surface area contributed by atoms with Gasteiger partial charge in [-0.05, 0) is 19.9 Å². The molecule has 0 saturated heterocycles. The Labute approximate surface area is 137 Å². The summed E-state index contributed by atoms with van der Waals surface area (Å²) in [5.41, 5.74) is 1.95. The van der Waals surface area contributed by atoms with Crippen molar-refractivity contribution in [3.05, 3.63) is 45.5 Å². The lowest BCUT2D eigenvalue weighted by molar-refractivity contribution is 0.350. The summed E-state index contributed by atoms with van der Waals surface area (Å²) in [6, 6.07) is 2.15. The minimum absolute atomic E-state index is 0.125. The molecule has 1 N–H and O–H groups in total. The van der Waals surface area contributed by atoms with Gasteiger partial charge in [-0.1, -0.05) is 11.8 Å². The Hall–Kier alpha value is -1.94. The summed E-state index contributed by atoms with van der Waals surface area (Å²) < 4.78 is 2.13. The van der Waals surface area contributed by atoms with Crippen molar-refractivity contribution in [2.24, 2.45) is 0 Å². The molecular weight excluding hydrogens is 314 g/mol. The number of imidazole rings is 1. The number of aryl methyl sites for hydroxylation is 1. The van der Waals surface area contributed by atoms with Crippen molar-refractivity contribution in [2.75, 3.05) is 6.61 Å². The molecule has 3 aromatic rings. The van der Waals surface area contributed by atoms with Gasteiger partial charge in [0.15, 0.2) is 5.82 Å². The van der Waals surface area contributed by atoms with Gasteiger partial charge in [-0.25, -0.2) is 9.97 Å². The van der Waals surface area contributed by atoms with Crippen LogP contribution in [-0.2, 0) is 0 Å². The van der Waals surface area contributed by atoms with Crippen LogP contribution in [0.5, 0.6) is 0 Å². The molecule has 4 nitrogen and oxygen atoms in total. The summed E-state index contributed by atoms with van der Waals surface area (Å²) in [7, 11) is 0. The van der Waals surface area contributed by atoms with Crippen LogP contribution in [0, 0.1) is 18.8 Å². The number of aliphatic hydroxyl groups is 1. The maximum Gasteiger partial charge on any atom is 0.150 e. The van der Waals surface area contributed by atoms with E-state index in [1.54, 1.807) is 22.7 Å². The Bertz CT molecular complexity index is 835. The van der Waals surface area contributed by atoms with Crippen LogP contribution in [0.1, 0.15) is 29.2 Å². The number of hydrogen-bond acceptors (Lipinski definition) is 5. The zero-order chi connectivity index (χ0) is 15.5. The Balaban J connectivity index is 1.93. The Morgan fingerprint density at radius 3 is 2.95 bits per heavy atom. The molecule has 3 rings (SSSR count). The van der Waals surface area contributed by atoms with Crippen molar-refractivity contribution in [3.8, 4) is 22.5 Å². The highest BCUT2D eigenvalue weighted by atomic mass is 32.1. The second-order valence-electron chi connectivity index (χ2n) is 4.82. The first kappa shape index (κ1) is 15.0. The standard InChI is InChI=1S/C16H15N3OS2/c1-11-9-22-16(18-11)12(2)19-6-5-17-15(19)14-8-13(10-21-14)4-3-7-20/h5-6,8-10,12,20H,7H2,1-2H3/t12-/m1/s1. The third-order valence-electron chi connectivity index (χ3n) is 3.21. The van der Waals surface area contributed by atoms with E-state index in [2.05, 4.69) is 38.7 Å². The molecule has 0 spiro atoms. The zero-order valence-electron chi connectivity index (χ0n) is 12.3. The van der Waals surface area contributed by atoms with Gasteiger partial charge >= 0.3 is 0 Å². The van der Waals surface area contributed by atoms with E-state index >= 15 is 0 Å². The van der Waals surface area contributed by atoms with Crippen LogP contribution >= 0.6 is 22.7 Å². The number of rotatable bonds is 3. The predicted molar refractivity (Wildman–Crippen MR) is 90.2 cm³/mol. The largest absolute Gasteiger partial charge is 0.384 e. The Morgan fingerprint density at radius 2 is 2.23 bits per heavy atom. The van der Waals surface area contributed by atoms with E-state index in [-0.39, 0.29) is 12.6 Å². The van der Waals surface area contributed by atoms with E-state index < -0.39 is 0 Å². The Kier molecular flexibility index (Phi) is 4.39. The van der Waals surface area contributed by atoms with E-state index in [1.807, 2.05) is 30.8 Å². The molecule has 0 aliphatic heterocycles. The Morgan fingerprint density at radius 1 is 1.36 bits per heavy atom. The fourth-order valence-electron chi connectivity index (χ4n) is 2.16. The predicted octanol–water partition coefficient (Wildman–Crippen LogP) is 3.33. The molecule has 0 bridgehead atoms. The van der Waals surface area contributed by atoms with Gasteiger partial charge in [0.05, 0.1) is 10.9 Å². The highest BCUT2D eigenvalue weighted by Gasteiger charge is 2.17. The van der Waals surface area contributed by atoms with Gasteiger partial charge in [0.25, 0.3) is 0 Å². The summed E-state index contributed by atoms with van der Waals surface area (Å²) in [6.07, 6.45) is 3.79. The van der Waals surface area contributed by atoms with E-state index in [0.717, 1.165) is 27.0 Å². The van der Waals surface area contributed by atoms with Gasteiger partial charge in [0.2, 0.25) is 0 Å². The first-order valence-corrected chi connectivity index (χ1v) is 8.58. The number of thiophene rings is 1. The average Bonchev–Trinajstić information content (AvgIpc) is 3.23. The molecule has 0 amide bonds. The third-order valence-corrected chi connectivity index (χ3v) is 5.27. The molecule has 3 heterocycles. The van der Waals surface area contributed by atoms with Crippen molar-refractivity contribution in [3.63, 3.8) is 0 Å². The summed E-state index contributed by atoms with van der Waals surface area (Å²) in [5.74, 6) is 6.51. The van der Waals surface area contributed by atoms with Crippen LogP contribution in [0.4, 0.5) is 0 Å². The lowest BCUT2D eigenvalue weighted by Crippen LogP contribution is -2.06. The molecule has 22 heavy (non-hydrogen) atoms. The minimum atomic E-state index is -0.125. The van der Waals surface area contributed by atoms with Crippen LogP contribution in [0.3, 0.4) is 0 Å². The van der Waals surface area contributed by atoms with Crippen molar-refractivity contribution in [1.82, 2.24) is 14.5 Å². The quantitative estimate of drug-likeness (QED) is 0.750. The molecule has 1 atom stereocenters. The SMILES string of the molecule is Cc1csc([C@@H](C)n2ccnc2-c2cc(C#CCO)cs2)n1. The van der Waals surface area contributed by atoms with Gasteiger partial charge in [0.1, 0.15) is 11.6 Å². The molecule has 6 heteroatoms. The second-order valence-corrected chi connectivity index (χ2v) is 6.62. The van der Waals surface area contributed by atoms with E-state index in [0.29, 0.717) is 0 Å². The number of aromatic nitrogens is 3. The molecule has 3 aromatic heterocycles. The van der Waals surface area contributed by atoms with Gasteiger partial charge in [-0.3, -0.25) is 0 Å². The summed E-state index contributed by atoms with van der Waals surface area (Å²) in [4.78, 5) is 10.1. The van der Waals surface area contributed by atoms with Crippen LogP contribution in [0.2, 0.25) is 0 Å². The molecule has 112 valence electrons. The summed E-state index contributed by atoms with van der Waals surface area (Å²) >= 11 is 3.27. The molecule has 0 aliphatic carbocycles. The van der Waals surface area contributed by atoms with E-state index in [1.165, 1.54) is 0 Å². The maximum atomic E-state index is 8.77. The van der Waals surface area contributed by atoms with Gasteiger partial charge in [-0.2, -0.15) is 0 Å². The van der Waals surface area contributed by atoms with E-state index in [4.69, 9.17) is 5.11 Å². The first-order chi connectivity index (χ1) is 10.7. The fraction of sp³-hybridized carbons (Fsp3) is 0.250. The lowest BCUT2D eigenvalue weighted by atomic mass is 10.3. The number of thiazole rings is 1. The van der Waals surface area contributed by atoms with E-state index in [9.17, 15) is 0 Å². The minimum Gasteiger partial charge on any atom is -0.384 e. The number of nitrogens with zero attached hydrogens (tertiary/aromatic N) is 3. The van der Waals surface area contributed by atoms with Crippen LogP contribution in [-0.4, -0.2) is 26.2 Å². The lowest BCUT2D eigenvalue weighted by Gasteiger charge is -2.13. The molecule has 0 radical (unpaired) electrons. The van der Waals surface area contributed by atoms with Gasteiger partial charge in [0, 0.05) is 34.4 Å². The van der Waals surface area contributed by atoms with Crippen molar-refractivity contribution in [1.29, 1.82) is 0 Å². The maximum absolute atomic E-state index is 8.77. The fourth-order valence-corrected chi connectivity index (χ4v) is 3.85. The highest BCUT2D eigenvalue weighted by Crippen LogP contribution is 2.30. The van der Waals surface area contributed by atoms with Gasteiger partial charge in [-0.15, -0.1) is 22.7 Å². The summed E-state index contributed by atoms with van der Waals surface area (Å²) in [6.45, 7) is 4.01. The van der Waals surface area contributed by atoms with Crippen molar-refractivity contribution in [2.45, 2.75) is 19.9 Å². The first-order valence-electron chi connectivity index (χ1n) is 6.82. The van der Waals surface area contributed by atoms with Crippen LogP contribution < -0.4 is 0 Å². The van der Waals surface area contributed by atoms with Crippen LogP contribution in [0.25, 0.3) is 10.7 Å². The number of aliphatic hydroxyl groups excluding tert-OH is 1.